The molecule has 2 heterocycles. The standard InChI is InChI=1S/C17H19ClN4O/c1-11(2)7-8-21-17(23)16-15(12(3)20-21)10-19-22(16)14-6-4-5-13(18)9-14/h4-6,9-11H,7-8H2,1-3H3. The largest absolute Gasteiger partial charge is 0.293 e. The Labute approximate surface area is 139 Å². The van der Waals surface area contributed by atoms with Gasteiger partial charge in [0.2, 0.25) is 0 Å². The van der Waals surface area contributed by atoms with Crippen LogP contribution < -0.4 is 5.56 Å². The molecule has 0 fully saturated rings. The summed E-state index contributed by atoms with van der Waals surface area (Å²) >= 11 is 6.06. The SMILES string of the molecule is Cc1nn(CCC(C)C)c(=O)c2c1cnn2-c1cccc(Cl)c1. The summed E-state index contributed by atoms with van der Waals surface area (Å²) in [7, 11) is 0. The Bertz CT molecular complexity index is 911. The van der Waals surface area contributed by atoms with Crippen LogP contribution in [0.4, 0.5) is 0 Å². The van der Waals surface area contributed by atoms with Gasteiger partial charge >= 0.3 is 0 Å². The maximum atomic E-state index is 12.8. The van der Waals surface area contributed by atoms with E-state index in [2.05, 4.69) is 24.0 Å². The lowest BCUT2D eigenvalue weighted by atomic mass is 10.1. The quantitative estimate of drug-likeness (QED) is 0.734. The highest BCUT2D eigenvalue weighted by atomic mass is 35.5. The predicted molar refractivity (Wildman–Crippen MR) is 92.3 cm³/mol. The van der Waals surface area contributed by atoms with Gasteiger partial charge in [-0.25, -0.2) is 9.36 Å². The van der Waals surface area contributed by atoms with Crippen molar-refractivity contribution in [2.75, 3.05) is 0 Å². The van der Waals surface area contributed by atoms with Crippen molar-refractivity contribution in [3.8, 4) is 5.69 Å². The second-order valence-electron chi connectivity index (χ2n) is 6.09. The van der Waals surface area contributed by atoms with Crippen LogP contribution in [0.2, 0.25) is 5.02 Å². The van der Waals surface area contributed by atoms with E-state index < -0.39 is 0 Å². The highest BCUT2D eigenvalue weighted by molar-refractivity contribution is 6.30. The third-order valence-corrected chi connectivity index (χ3v) is 4.07. The van der Waals surface area contributed by atoms with E-state index in [-0.39, 0.29) is 5.56 Å². The zero-order valence-electron chi connectivity index (χ0n) is 13.5. The third-order valence-electron chi connectivity index (χ3n) is 3.84. The van der Waals surface area contributed by atoms with Crippen molar-refractivity contribution in [1.82, 2.24) is 19.6 Å². The van der Waals surface area contributed by atoms with Gasteiger partial charge in [-0.1, -0.05) is 31.5 Å². The molecule has 3 aromatic rings. The molecule has 0 saturated carbocycles. The molecule has 0 aliphatic heterocycles. The molecular formula is C17H19ClN4O. The molecule has 0 amide bonds. The van der Waals surface area contributed by atoms with Gasteiger partial charge in [0.15, 0.2) is 0 Å². The maximum Gasteiger partial charge on any atom is 0.293 e. The molecule has 120 valence electrons. The van der Waals surface area contributed by atoms with Crippen molar-refractivity contribution >= 4 is 22.5 Å². The Morgan fingerprint density at radius 2 is 2.09 bits per heavy atom. The van der Waals surface area contributed by atoms with Gasteiger partial charge < -0.3 is 0 Å². The van der Waals surface area contributed by atoms with E-state index in [9.17, 15) is 4.79 Å². The van der Waals surface area contributed by atoms with Gasteiger partial charge in [-0.15, -0.1) is 0 Å². The first kappa shape index (κ1) is 15.7. The van der Waals surface area contributed by atoms with Crippen LogP contribution in [-0.2, 0) is 6.54 Å². The molecule has 6 heteroatoms. The lowest BCUT2D eigenvalue weighted by molar-refractivity contribution is 0.471. The number of nitrogens with zero attached hydrogens (tertiary/aromatic N) is 4. The first-order valence-corrected chi connectivity index (χ1v) is 8.06. The van der Waals surface area contributed by atoms with Gasteiger partial charge in [-0.2, -0.15) is 10.2 Å². The average molecular weight is 331 g/mol. The molecule has 0 atom stereocenters. The Hall–Kier alpha value is -2.14. The van der Waals surface area contributed by atoms with Gasteiger partial charge in [0.1, 0.15) is 5.52 Å². The van der Waals surface area contributed by atoms with E-state index in [0.29, 0.717) is 23.0 Å². The molecule has 0 unspecified atom stereocenters. The zero-order chi connectivity index (χ0) is 16.6. The molecule has 1 aromatic carbocycles. The molecule has 2 aromatic heterocycles. The summed E-state index contributed by atoms with van der Waals surface area (Å²) in [6.07, 6.45) is 2.59. The van der Waals surface area contributed by atoms with Crippen LogP contribution in [0.25, 0.3) is 16.6 Å². The minimum atomic E-state index is -0.122. The van der Waals surface area contributed by atoms with E-state index in [1.807, 2.05) is 19.1 Å². The van der Waals surface area contributed by atoms with Gasteiger partial charge in [-0.05, 0) is 37.5 Å². The summed E-state index contributed by atoms with van der Waals surface area (Å²) in [6.45, 7) is 6.77. The fourth-order valence-corrected chi connectivity index (χ4v) is 2.74. The van der Waals surface area contributed by atoms with Crippen LogP contribution >= 0.6 is 11.6 Å². The molecule has 0 radical (unpaired) electrons. The molecular weight excluding hydrogens is 312 g/mol. The number of halogens is 1. The molecule has 23 heavy (non-hydrogen) atoms. The lowest BCUT2D eigenvalue weighted by Gasteiger charge is -2.10. The van der Waals surface area contributed by atoms with Crippen LogP contribution in [-0.4, -0.2) is 19.6 Å². The summed E-state index contributed by atoms with van der Waals surface area (Å²) < 4.78 is 3.19. The molecule has 5 nitrogen and oxygen atoms in total. The van der Waals surface area contributed by atoms with Crippen LogP contribution in [0.15, 0.2) is 35.3 Å². The first-order chi connectivity index (χ1) is 11.0. The minimum Gasteiger partial charge on any atom is -0.265 e. The number of aromatic nitrogens is 4. The Morgan fingerprint density at radius 1 is 1.30 bits per heavy atom. The van der Waals surface area contributed by atoms with E-state index in [1.165, 1.54) is 0 Å². The molecule has 0 aliphatic carbocycles. The number of benzene rings is 1. The van der Waals surface area contributed by atoms with E-state index in [1.54, 1.807) is 27.7 Å². The van der Waals surface area contributed by atoms with Gasteiger partial charge in [0.05, 0.1) is 17.6 Å². The Morgan fingerprint density at radius 3 is 2.78 bits per heavy atom. The number of fused-ring (bicyclic) bond motifs is 1. The van der Waals surface area contributed by atoms with Crippen molar-refractivity contribution < 1.29 is 0 Å². The number of hydrogen-bond acceptors (Lipinski definition) is 3. The summed E-state index contributed by atoms with van der Waals surface area (Å²) in [5, 5.41) is 10.2. The van der Waals surface area contributed by atoms with Gasteiger partial charge in [0.25, 0.3) is 5.56 Å². The summed E-state index contributed by atoms with van der Waals surface area (Å²) in [6, 6.07) is 7.31. The van der Waals surface area contributed by atoms with Crippen molar-refractivity contribution in [3.05, 3.63) is 51.5 Å². The van der Waals surface area contributed by atoms with Gasteiger partial charge in [0, 0.05) is 17.0 Å². The van der Waals surface area contributed by atoms with Gasteiger partial charge in [-0.3, -0.25) is 4.79 Å². The summed E-state index contributed by atoms with van der Waals surface area (Å²) in [5.41, 5.74) is 1.99. The van der Waals surface area contributed by atoms with Crippen molar-refractivity contribution in [1.29, 1.82) is 0 Å². The highest BCUT2D eigenvalue weighted by Gasteiger charge is 2.15. The minimum absolute atomic E-state index is 0.122. The van der Waals surface area contributed by atoms with Crippen LogP contribution in [0.3, 0.4) is 0 Å². The molecule has 0 spiro atoms. The Balaban J connectivity index is 2.19. The predicted octanol–water partition coefficient (Wildman–Crippen LogP) is 3.59. The van der Waals surface area contributed by atoms with Crippen LogP contribution in [0.5, 0.6) is 0 Å². The third kappa shape index (κ3) is 3.01. The van der Waals surface area contributed by atoms with E-state index >= 15 is 0 Å². The molecule has 0 bridgehead atoms. The van der Waals surface area contributed by atoms with E-state index in [0.717, 1.165) is 23.2 Å². The first-order valence-electron chi connectivity index (χ1n) is 7.68. The maximum absolute atomic E-state index is 12.8. The fourth-order valence-electron chi connectivity index (χ4n) is 2.56. The number of aryl methyl sites for hydroxylation is 2. The van der Waals surface area contributed by atoms with Crippen LogP contribution in [0.1, 0.15) is 26.0 Å². The zero-order valence-corrected chi connectivity index (χ0v) is 14.2. The summed E-state index contributed by atoms with van der Waals surface area (Å²) in [5.74, 6) is 0.512. The molecule has 0 aliphatic rings. The average Bonchev–Trinajstić information content (AvgIpc) is 2.95. The van der Waals surface area contributed by atoms with Crippen molar-refractivity contribution in [3.63, 3.8) is 0 Å². The molecule has 0 saturated heterocycles. The fraction of sp³-hybridized carbons (Fsp3) is 0.353. The summed E-state index contributed by atoms with van der Waals surface area (Å²) in [4.78, 5) is 12.8. The highest BCUT2D eigenvalue weighted by Crippen LogP contribution is 2.19. The van der Waals surface area contributed by atoms with Crippen molar-refractivity contribution in [2.24, 2.45) is 5.92 Å². The number of rotatable bonds is 4. The van der Waals surface area contributed by atoms with Crippen LogP contribution in [0, 0.1) is 12.8 Å². The van der Waals surface area contributed by atoms with E-state index in [4.69, 9.17) is 11.6 Å². The molecule has 3 rings (SSSR count). The Kier molecular flexibility index (Phi) is 4.22. The smallest absolute Gasteiger partial charge is 0.265 e. The topological polar surface area (TPSA) is 52.7 Å². The number of hydrogen-bond donors (Lipinski definition) is 0. The monoisotopic (exact) mass is 330 g/mol. The van der Waals surface area contributed by atoms with Crippen molar-refractivity contribution in [2.45, 2.75) is 33.7 Å². The second-order valence-corrected chi connectivity index (χ2v) is 6.53. The lowest BCUT2D eigenvalue weighted by Crippen LogP contribution is -2.26. The molecule has 0 N–H and O–H groups in total. The normalized spacial score (nSPS) is 11.5. The second kappa shape index (κ2) is 6.16.